The molecule has 2 heterocycles. The molecule has 0 fully saturated rings. The van der Waals surface area contributed by atoms with Crippen LogP contribution in [0.25, 0.3) is 44.4 Å². The van der Waals surface area contributed by atoms with Crippen LogP contribution in [0.4, 0.5) is 0 Å². The first-order valence-corrected chi connectivity index (χ1v) is 9.30. The largest absolute Gasteiger partial charge is 0.436 e. The summed E-state index contributed by atoms with van der Waals surface area (Å²) < 4.78 is 8.30. The Morgan fingerprint density at radius 3 is 2.44 bits per heavy atom. The van der Waals surface area contributed by atoms with Gasteiger partial charge in [-0.1, -0.05) is 45.0 Å². The Bertz CT molecular complexity index is 1320. The Kier molecular flexibility index (Phi) is 3.26. The quantitative estimate of drug-likeness (QED) is 0.347. The van der Waals surface area contributed by atoms with Gasteiger partial charge in [0.25, 0.3) is 0 Å². The molecule has 5 aromatic rings. The molecule has 3 aromatic carbocycles. The van der Waals surface area contributed by atoms with E-state index in [0.29, 0.717) is 5.89 Å². The van der Waals surface area contributed by atoms with E-state index in [1.807, 2.05) is 6.07 Å². The Hall–Kier alpha value is -3.07. The van der Waals surface area contributed by atoms with E-state index in [1.165, 1.54) is 27.4 Å². The number of rotatable bonds is 1. The zero-order valence-corrected chi connectivity index (χ0v) is 16.1. The zero-order valence-electron chi connectivity index (χ0n) is 16.1. The number of hydrogen-bond donors (Lipinski definition) is 0. The third-order valence-corrected chi connectivity index (χ3v) is 5.41. The fraction of sp³-hybridized carbons (Fsp3) is 0.208. The van der Waals surface area contributed by atoms with Gasteiger partial charge in [-0.3, -0.25) is 0 Å². The summed E-state index contributed by atoms with van der Waals surface area (Å²) in [4.78, 5) is 4.78. The van der Waals surface area contributed by atoms with Gasteiger partial charge in [-0.25, -0.2) is 4.98 Å². The molecule has 0 amide bonds. The van der Waals surface area contributed by atoms with Crippen LogP contribution in [0.3, 0.4) is 0 Å². The first kappa shape index (κ1) is 16.1. The second kappa shape index (κ2) is 5.46. The molecule has 27 heavy (non-hydrogen) atoms. The van der Waals surface area contributed by atoms with Crippen LogP contribution >= 0.6 is 0 Å². The van der Waals surface area contributed by atoms with E-state index in [0.717, 1.165) is 16.7 Å². The van der Waals surface area contributed by atoms with E-state index in [9.17, 15) is 0 Å². The van der Waals surface area contributed by atoms with Gasteiger partial charge in [0.1, 0.15) is 5.52 Å². The Morgan fingerprint density at radius 2 is 1.63 bits per heavy atom. The highest BCUT2D eigenvalue weighted by atomic mass is 16.3. The molecule has 0 saturated carbocycles. The molecule has 0 aliphatic rings. The SMILES string of the molecule is Cn1c2ccccc2c2cc(-c3nc4cc(C(C)(C)C)ccc4o3)ccc21. The predicted octanol–water partition coefficient (Wildman–Crippen LogP) is 6.44. The van der Waals surface area contributed by atoms with Gasteiger partial charge >= 0.3 is 0 Å². The van der Waals surface area contributed by atoms with Crippen molar-refractivity contribution in [3.63, 3.8) is 0 Å². The maximum atomic E-state index is 6.07. The first-order valence-electron chi connectivity index (χ1n) is 9.30. The molecular formula is C24H22N2O. The topological polar surface area (TPSA) is 31.0 Å². The van der Waals surface area contributed by atoms with Crippen molar-refractivity contribution in [3.05, 3.63) is 66.2 Å². The summed E-state index contributed by atoms with van der Waals surface area (Å²) >= 11 is 0. The van der Waals surface area contributed by atoms with Gasteiger partial charge in [0.05, 0.1) is 0 Å². The summed E-state index contributed by atoms with van der Waals surface area (Å²) in [6.07, 6.45) is 0. The van der Waals surface area contributed by atoms with E-state index < -0.39 is 0 Å². The standard InChI is InChI=1S/C24H22N2O/c1-24(2,3)16-10-12-22-19(14-16)25-23(27-22)15-9-11-21-18(13-15)17-7-5-6-8-20(17)26(21)4/h5-14H,1-4H3. The molecule has 5 rings (SSSR count). The van der Waals surface area contributed by atoms with E-state index in [-0.39, 0.29) is 5.41 Å². The number of benzene rings is 3. The number of aryl methyl sites for hydroxylation is 1. The molecule has 134 valence electrons. The Balaban J connectivity index is 1.70. The number of fused-ring (bicyclic) bond motifs is 4. The van der Waals surface area contributed by atoms with Crippen LogP contribution in [0.1, 0.15) is 26.3 Å². The summed E-state index contributed by atoms with van der Waals surface area (Å²) in [5.74, 6) is 0.672. The summed E-state index contributed by atoms with van der Waals surface area (Å²) in [5.41, 5.74) is 6.55. The minimum atomic E-state index is 0.0924. The van der Waals surface area contributed by atoms with Gasteiger partial charge in [-0.2, -0.15) is 0 Å². The summed E-state index contributed by atoms with van der Waals surface area (Å²) in [7, 11) is 2.11. The van der Waals surface area contributed by atoms with Gasteiger partial charge < -0.3 is 8.98 Å². The van der Waals surface area contributed by atoms with Crippen molar-refractivity contribution >= 4 is 32.9 Å². The molecule has 0 aliphatic heterocycles. The van der Waals surface area contributed by atoms with E-state index >= 15 is 0 Å². The molecule has 0 aliphatic carbocycles. The molecule has 0 bridgehead atoms. The lowest BCUT2D eigenvalue weighted by atomic mass is 9.87. The highest BCUT2D eigenvalue weighted by Crippen LogP contribution is 2.33. The Labute approximate surface area is 158 Å². The predicted molar refractivity (Wildman–Crippen MR) is 112 cm³/mol. The monoisotopic (exact) mass is 354 g/mol. The molecule has 2 aromatic heterocycles. The third-order valence-electron chi connectivity index (χ3n) is 5.41. The van der Waals surface area contributed by atoms with Crippen LogP contribution in [-0.4, -0.2) is 9.55 Å². The van der Waals surface area contributed by atoms with Crippen LogP contribution in [-0.2, 0) is 12.5 Å². The van der Waals surface area contributed by atoms with Crippen molar-refractivity contribution < 1.29 is 4.42 Å². The lowest BCUT2D eigenvalue weighted by molar-refractivity contribution is 0.590. The van der Waals surface area contributed by atoms with Gasteiger partial charge in [0.2, 0.25) is 5.89 Å². The maximum absolute atomic E-state index is 6.07. The fourth-order valence-corrected chi connectivity index (χ4v) is 3.82. The van der Waals surface area contributed by atoms with E-state index in [4.69, 9.17) is 9.40 Å². The highest BCUT2D eigenvalue weighted by Gasteiger charge is 2.17. The van der Waals surface area contributed by atoms with Gasteiger partial charge in [-0.05, 0) is 47.4 Å². The maximum Gasteiger partial charge on any atom is 0.227 e. The Morgan fingerprint density at radius 1 is 0.852 bits per heavy atom. The molecular weight excluding hydrogens is 332 g/mol. The first-order chi connectivity index (χ1) is 12.9. The smallest absolute Gasteiger partial charge is 0.227 e. The lowest BCUT2D eigenvalue weighted by Gasteiger charge is -2.18. The summed E-state index contributed by atoms with van der Waals surface area (Å²) in [6.45, 7) is 6.64. The molecule has 0 atom stereocenters. The van der Waals surface area contributed by atoms with Gasteiger partial charge in [0, 0.05) is 34.4 Å². The number of oxazole rings is 1. The molecule has 0 unspecified atom stereocenters. The minimum Gasteiger partial charge on any atom is -0.436 e. The number of para-hydroxylation sites is 1. The van der Waals surface area contributed by atoms with Crippen LogP contribution in [0.5, 0.6) is 0 Å². The van der Waals surface area contributed by atoms with Crippen molar-refractivity contribution in [2.45, 2.75) is 26.2 Å². The van der Waals surface area contributed by atoms with Gasteiger partial charge in [-0.15, -0.1) is 0 Å². The average molecular weight is 354 g/mol. The molecule has 0 spiro atoms. The fourth-order valence-electron chi connectivity index (χ4n) is 3.82. The van der Waals surface area contributed by atoms with E-state index in [2.05, 4.69) is 87.0 Å². The minimum absolute atomic E-state index is 0.0924. The van der Waals surface area contributed by atoms with Crippen LogP contribution in [0.2, 0.25) is 0 Å². The van der Waals surface area contributed by atoms with Crippen LogP contribution < -0.4 is 0 Å². The zero-order chi connectivity index (χ0) is 18.8. The molecule has 0 saturated heterocycles. The van der Waals surface area contributed by atoms with Crippen molar-refractivity contribution in [3.8, 4) is 11.5 Å². The molecule has 3 heteroatoms. The van der Waals surface area contributed by atoms with Crippen molar-refractivity contribution in [2.75, 3.05) is 0 Å². The second-order valence-electron chi connectivity index (χ2n) is 8.26. The molecule has 0 N–H and O–H groups in total. The van der Waals surface area contributed by atoms with Crippen molar-refractivity contribution in [2.24, 2.45) is 7.05 Å². The third kappa shape index (κ3) is 2.46. The van der Waals surface area contributed by atoms with Crippen molar-refractivity contribution in [1.82, 2.24) is 9.55 Å². The number of nitrogens with zero attached hydrogens (tertiary/aromatic N) is 2. The summed E-state index contributed by atoms with van der Waals surface area (Å²) in [6, 6.07) is 21.2. The lowest BCUT2D eigenvalue weighted by Crippen LogP contribution is -2.10. The molecule has 0 radical (unpaired) electrons. The number of aromatic nitrogens is 2. The van der Waals surface area contributed by atoms with Crippen molar-refractivity contribution in [1.29, 1.82) is 0 Å². The van der Waals surface area contributed by atoms with Gasteiger partial charge in [0.15, 0.2) is 5.58 Å². The van der Waals surface area contributed by atoms with Crippen LogP contribution in [0, 0.1) is 0 Å². The highest BCUT2D eigenvalue weighted by molar-refractivity contribution is 6.09. The number of hydrogen-bond acceptors (Lipinski definition) is 2. The van der Waals surface area contributed by atoms with E-state index in [1.54, 1.807) is 0 Å². The van der Waals surface area contributed by atoms with Crippen LogP contribution in [0.15, 0.2) is 65.1 Å². The average Bonchev–Trinajstić information content (AvgIpc) is 3.20. The normalized spacial score (nSPS) is 12.4. The second-order valence-corrected chi connectivity index (χ2v) is 8.26. The summed E-state index contributed by atoms with van der Waals surface area (Å²) in [5, 5.41) is 2.48. The molecule has 3 nitrogen and oxygen atoms in total.